The van der Waals surface area contributed by atoms with Gasteiger partial charge < -0.3 is 15.4 Å². The highest BCUT2D eigenvalue weighted by molar-refractivity contribution is 6.36. The Balaban J connectivity index is 1.48. The summed E-state index contributed by atoms with van der Waals surface area (Å²) in [5.74, 6) is -0.0385. The third kappa shape index (κ3) is 5.75. The van der Waals surface area contributed by atoms with Gasteiger partial charge in [0, 0.05) is 54.1 Å². The molecule has 2 N–H and O–H groups in total. The van der Waals surface area contributed by atoms with Gasteiger partial charge in [0.25, 0.3) is 5.91 Å². The maximum absolute atomic E-state index is 14.0. The summed E-state index contributed by atoms with van der Waals surface area (Å²) in [4.78, 5) is 21.5. The molecule has 2 heterocycles. The summed E-state index contributed by atoms with van der Waals surface area (Å²) < 4.78 is 20.0. The van der Waals surface area contributed by atoms with Crippen LogP contribution < -0.4 is 10.5 Å². The molecule has 1 saturated heterocycles. The molecule has 9 heteroatoms. The van der Waals surface area contributed by atoms with Crippen LogP contribution in [0.1, 0.15) is 42.3 Å². The zero-order chi connectivity index (χ0) is 25.8. The molecule has 0 radical (unpaired) electrons. The number of nitrogens with two attached hydrogens (primary N) is 1. The van der Waals surface area contributed by atoms with Gasteiger partial charge in [-0.3, -0.25) is 9.69 Å². The summed E-state index contributed by atoms with van der Waals surface area (Å²) in [6, 6.07) is 11.8. The molecule has 0 aliphatic carbocycles. The van der Waals surface area contributed by atoms with Gasteiger partial charge in [-0.15, -0.1) is 0 Å². The monoisotopic (exact) mass is 530 g/mol. The number of aromatic nitrogens is 1. The Kier molecular flexibility index (Phi) is 8.34. The molecule has 6 nitrogen and oxygen atoms in total. The molecule has 1 aliphatic rings. The highest BCUT2D eigenvalue weighted by Gasteiger charge is 2.22. The van der Waals surface area contributed by atoms with Crippen LogP contribution in [0.3, 0.4) is 0 Å². The molecule has 1 fully saturated rings. The molecule has 1 aromatic heterocycles. The standard InChI is InChI=1S/C27H29Cl2FN4O2/c1-3-10-33-11-13-34(14-12-33)27(35)19-6-4-18(5-7-19)20-15-23(26(31)32-16-20)36-17(2)24-21(28)8-9-22(30)25(24)29/h4-9,15-17H,3,10-14H2,1-2H3,(H2,31,32). The normalized spacial score (nSPS) is 15.1. The van der Waals surface area contributed by atoms with Crippen molar-refractivity contribution in [2.45, 2.75) is 26.4 Å². The smallest absolute Gasteiger partial charge is 0.253 e. The number of carbonyl (C=O) groups excluding carboxylic acids is 1. The number of carbonyl (C=O) groups is 1. The van der Waals surface area contributed by atoms with Crippen molar-refractivity contribution in [1.29, 1.82) is 0 Å². The van der Waals surface area contributed by atoms with E-state index in [9.17, 15) is 9.18 Å². The Morgan fingerprint density at radius 3 is 2.47 bits per heavy atom. The SMILES string of the molecule is CCCN1CCN(C(=O)c2ccc(-c3cnc(N)c(OC(C)c4c(Cl)ccc(F)c4Cl)c3)cc2)CC1. The Labute approximate surface area is 220 Å². The number of halogens is 3. The molecule has 0 saturated carbocycles. The lowest BCUT2D eigenvalue weighted by Gasteiger charge is -2.34. The first kappa shape index (κ1) is 26.2. The van der Waals surface area contributed by atoms with E-state index in [1.165, 1.54) is 12.1 Å². The second kappa shape index (κ2) is 11.5. The van der Waals surface area contributed by atoms with E-state index in [2.05, 4.69) is 16.8 Å². The van der Waals surface area contributed by atoms with Crippen LogP contribution in [-0.2, 0) is 0 Å². The lowest BCUT2D eigenvalue weighted by atomic mass is 10.0. The van der Waals surface area contributed by atoms with Crippen LogP contribution in [0.4, 0.5) is 10.2 Å². The van der Waals surface area contributed by atoms with Crippen molar-refractivity contribution >= 4 is 34.9 Å². The van der Waals surface area contributed by atoms with Crippen LogP contribution >= 0.6 is 23.2 Å². The topological polar surface area (TPSA) is 71.7 Å². The number of rotatable bonds is 7. The zero-order valence-corrected chi connectivity index (χ0v) is 21.8. The lowest BCUT2D eigenvalue weighted by Crippen LogP contribution is -2.48. The van der Waals surface area contributed by atoms with Gasteiger partial charge in [-0.2, -0.15) is 0 Å². The largest absolute Gasteiger partial charge is 0.482 e. The molecule has 1 atom stereocenters. The molecule has 1 unspecified atom stereocenters. The Hall–Kier alpha value is -2.87. The quantitative estimate of drug-likeness (QED) is 0.374. The van der Waals surface area contributed by atoms with Gasteiger partial charge in [-0.05, 0) is 55.8 Å². The average Bonchev–Trinajstić information content (AvgIpc) is 2.88. The van der Waals surface area contributed by atoms with Crippen molar-refractivity contribution in [2.24, 2.45) is 0 Å². The molecule has 190 valence electrons. The summed E-state index contributed by atoms with van der Waals surface area (Å²) in [7, 11) is 0. The van der Waals surface area contributed by atoms with Gasteiger partial charge in [-0.25, -0.2) is 9.37 Å². The molecule has 1 aliphatic heterocycles. The number of anilines is 1. The molecule has 1 amide bonds. The number of hydrogen-bond acceptors (Lipinski definition) is 5. The fourth-order valence-corrected chi connectivity index (χ4v) is 5.03. The number of nitrogens with zero attached hydrogens (tertiary/aromatic N) is 3. The molecular weight excluding hydrogens is 502 g/mol. The number of piperazine rings is 1. The first-order valence-corrected chi connectivity index (χ1v) is 12.7. The van der Waals surface area contributed by atoms with E-state index in [0.717, 1.165) is 50.3 Å². The number of nitrogen functional groups attached to an aromatic ring is 1. The Morgan fingerprint density at radius 1 is 1.11 bits per heavy atom. The van der Waals surface area contributed by atoms with Crippen molar-refractivity contribution in [3.8, 4) is 16.9 Å². The van der Waals surface area contributed by atoms with E-state index < -0.39 is 11.9 Å². The second-order valence-electron chi connectivity index (χ2n) is 8.84. The number of ether oxygens (including phenoxy) is 1. The predicted octanol–water partition coefficient (Wildman–Crippen LogP) is 6.08. The van der Waals surface area contributed by atoms with Crippen LogP contribution in [0.2, 0.25) is 10.0 Å². The van der Waals surface area contributed by atoms with Crippen LogP contribution in [0.25, 0.3) is 11.1 Å². The number of pyridine rings is 1. The molecule has 0 spiro atoms. The van der Waals surface area contributed by atoms with Crippen LogP contribution in [0.5, 0.6) is 5.75 Å². The highest BCUT2D eigenvalue weighted by atomic mass is 35.5. The first-order chi connectivity index (χ1) is 17.3. The van der Waals surface area contributed by atoms with E-state index in [4.69, 9.17) is 33.7 Å². The predicted molar refractivity (Wildman–Crippen MR) is 142 cm³/mol. The van der Waals surface area contributed by atoms with Gasteiger partial charge >= 0.3 is 0 Å². The first-order valence-electron chi connectivity index (χ1n) is 12.0. The maximum atomic E-state index is 14.0. The lowest BCUT2D eigenvalue weighted by molar-refractivity contribution is 0.0637. The fraction of sp³-hybridized carbons (Fsp3) is 0.333. The number of benzene rings is 2. The van der Waals surface area contributed by atoms with Crippen molar-refractivity contribution in [1.82, 2.24) is 14.8 Å². The molecule has 3 aromatic rings. The maximum Gasteiger partial charge on any atom is 0.253 e. The number of hydrogen-bond donors (Lipinski definition) is 1. The van der Waals surface area contributed by atoms with Gasteiger partial charge in [0.15, 0.2) is 11.6 Å². The van der Waals surface area contributed by atoms with Crippen LogP contribution in [-0.4, -0.2) is 53.4 Å². The van der Waals surface area contributed by atoms with Crippen molar-refractivity contribution < 1.29 is 13.9 Å². The van der Waals surface area contributed by atoms with Gasteiger partial charge in [0.2, 0.25) is 0 Å². The van der Waals surface area contributed by atoms with E-state index in [0.29, 0.717) is 21.9 Å². The molecular formula is C27H29Cl2FN4O2. The van der Waals surface area contributed by atoms with E-state index >= 15 is 0 Å². The molecule has 0 bridgehead atoms. The van der Waals surface area contributed by atoms with Crippen molar-refractivity contribution in [3.63, 3.8) is 0 Å². The molecule has 36 heavy (non-hydrogen) atoms. The summed E-state index contributed by atoms with van der Waals surface area (Å²) in [5.41, 5.74) is 8.64. The second-order valence-corrected chi connectivity index (χ2v) is 9.62. The van der Waals surface area contributed by atoms with E-state index in [1.807, 2.05) is 29.2 Å². The van der Waals surface area contributed by atoms with E-state index in [1.54, 1.807) is 19.2 Å². The summed E-state index contributed by atoms with van der Waals surface area (Å²) in [6.45, 7) is 8.23. The van der Waals surface area contributed by atoms with Gasteiger partial charge in [0.05, 0.1) is 5.02 Å². The van der Waals surface area contributed by atoms with Gasteiger partial charge in [-0.1, -0.05) is 42.3 Å². The van der Waals surface area contributed by atoms with Crippen molar-refractivity contribution in [3.05, 3.63) is 75.7 Å². The van der Waals surface area contributed by atoms with Crippen LogP contribution in [0, 0.1) is 5.82 Å². The third-order valence-corrected chi connectivity index (χ3v) is 7.05. The highest BCUT2D eigenvalue weighted by Crippen LogP contribution is 2.37. The van der Waals surface area contributed by atoms with Gasteiger partial charge in [0.1, 0.15) is 11.9 Å². The number of amides is 1. The van der Waals surface area contributed by atoms with Crippen molar-refractivity contribution in [2.75, 3.05) is 38.5 Å². The zero-order valence-electron chi connectivity index (χ0n) is 20.3. The summed E-state index contributed by atoms with van der Waals surface area (Å²) in [6.07, 6.45) is 2.09. The molecule has 2 aromatic carbocycles. The Morgan fingerprint density at radius 2 is 1.81 bits per heavy atom. The van der Waals surface area contributed by atoms with Crippen LogP contribution in [0.15, 0.2) is 48.7 Å². The fourth-order valence-electron chi connectivity index (χ4n) is 4.35. The minimum atomic E-state index is -0.669. The van der Waals surface area contributed by atoms with E-state index in [-0.39, 0.29) is 16.7 Å². The minimum absolute atomic E-state index is 0.0369. The Bertz CT molecular complexity index is 1230. The average molecular weight is 531 g/mol. The minimum Gasteiger partial charge on any atom is -0.482 e. The summed E-state index contributed by atoms with van der Waals surface area (Å²) >= 11 is 12.4. The third-order valence-electron chi connectivity index (χ3n) is 6.34. The summed E-state index contributed by atoms with van der Waals surface area (Å²) in [5, 5.41) is 0.202. The molecule has 4 rings (SSSR count).